The fourth-order valence-electron chi connectivity index (χ4n) is 2.57. The Kier molecular flexibility index (Phi) is 3.55. The van der Waals surface area contributed by atoms with Crippen LogP contribution in [0.1, 0.15) is 13.8 Å². The average molecular weight is 314 g/mol. The number of aromatic nitrogens is 2. The molecule has 3 rings (SSSR count). The van der Waals surface area contributed by atoms with Gasteiger partial charge in [0.05, 0.1) is 5.69 Å². The molecule has 0 spiro atoms. The Hall–Kier alpha value is -2.83. The first-order chi connectivity index (χ1) is 11.0. The number of amides is 2. The number of carbonyl (C=O) groups excluding carboxylic acids is 2. The second-order valence-corrected chi connectivity index (χ2v) is 5.48. The van der Waals surface area contributed by atoms with Gasteiger partial charge in [0.1, 0.15) is 5.75 Å². The van der Waals surface area contributed by atoms with Crippen LogP contribution in [0.5, 0.6) is 5.75 Å². The van der Waals surface area contributed by atoms with Crippen molar-refractivity contribution in [3.63, 3.8) is 0 Å². The molecule has 2 aromatic rings. The Morgan fingerprint density at radius 2 is 2.09 bits per heavy atom. The molecule has 0 saturated heterocycles. The van der Waals surface area contributed by atoms with Crippen molar-refractivity contribution >= 4 is 23.3 Å². The van der Waals surface area contributed by atoms with Crippen LogP contribution >= 0.6 is 0 Å². The lowest BCUT2D eigenvalue weighted by molar-refractivity contribution is -0.145. The zero-order valence-corrected chi connectivity index (χ0v) is 13.2. The van der Waals surface area contributed by atoms with E-state index < -0.39 is 17.4 Å². The van der Waals surface area contributed by atoms with Gasteiger partial charge in [-0.25, -0.2) is 0 Å². The molecule has 0 saturated carbocycles. The van der Waals surface area contributed by atoms with Crippen molar-refractivity contribution in [1.29, 1.82) is 0 Å². The van der Waals surface area contributed by atoms with Crippen molar-refractivity contribution in [1.82, 2.24) is 9.78 Å². The maximum Gasteiger partial charge on any atom is 0.280 e. The zero-order valence-electron chi connectivity index (χ0n) is 13.2. The van der Waals surface area contributed by atoms with Crippen LogP contribution < -0.4 is 15.0 Å². The molecule has 1 aromatic heterocycles. The van der Waals surface area contributed by atoms with Gasteiger partial charge in [-0.1, -0.05) is 12.1 Å². The Labute approximate surface area is 133 Å². The van der Waals surface area contributed by atoms with Crippen molar-refractivity contribution in [2.24, 2.45) is 7.05 Å². The molecule has 2 heterocycles. The zero-order chi connectivity index (χ0) is 16.6. The molecule has 1 N–H and O–H groups in total. The summed E-state index contributed by atoms with van der Waals surface area (Å²) >= 11 is 0. The van der Waals surface area contributed by atoms with E-state index in [1.807, 2.05) is 13.0 Å². The molecule has 2 amide bonds. The molecule has 1 unspecified atom stereocenters. The van der Waals surface area contributed by atoms with Gasteiger partial charge in [-0.2, -0.15) is 5.10 Å². The van der Waals surface area contributed by atoms with Gasteiger partial charge in [0, 0.05) is 25.9 Å². The average Bonchev–Trinajstić information content (AvgIpc) is 2.93. The number of carbonyl (C=O) groups is 2. The number of anilines is 2. The molecule has 0 fully saturated rings. The number of fused-ring (bicyclic) bond motifs is 1. The molecule has 7 nitrogen and oxygen atoms in total. The lowest BCUT2D eigenvalue weighted by atomic mass is 10.00. The summed E-state index contributed by atoms with van der Waals surface area (Å²) in [5.74, 6) is -0.0639. The first kappa shape index (κ1) is 15.1. The van der Waals surface area contributed by atoms with Gasteiger partial charge in [-0.05, 0) is 26.0 Å². The molecule has 1 aromatic carbocycles. The minimum Gasteiger partial charge on any atom is -0.465 e. The van der Waals surface area contributed by atoms with Gasteiger partial charge in [0.15, 0.2) is 5.82 Å². The lowest BCUT2D eigenvalue weighted by Gasteiger charge is -2.38. The SMILES string of the molecule is CCN1C(=O)C(C)(C(=O)Nc2ccn(C)n2)Oc2ccccc21. The smallest absolute Gasteiger partial charge is 0.280 e. The van der Waals surface area contributed by atoms with E-state index in [0.717, 1.165) is 0 Å². The highest BCUT2D eigenvalue weighted by Crippen LogP contribution is 2.37. The Morgan fingerprint density at radius 1 is 1.35 bits per heavy atom. The second-order valence-electron chi connectivity index (χ2n) is 5.48. The highest BCUT2D eigenvalue weighted by atomic mass is 16.5. The predicted octanol–water partition coefficient (Wildman–Crippen LogP) is 1.56. The second kappa shape index (κ2) is 5.42. The summed E-state index contributed by atoms with van der Waals surface area (Å²) in [7, 11) is 1.74. The molecule has 23 heavy (non-hydrogen) atoms. The number of likely N-dealkylation sites (N-methyl/N-ethyl adjacent to an activating group) is 1. The van der Waals surface area contributed by atoms with Crippen molar-refractivity contribution in [3.05, 3.63) is 36.5 Å². The number of nitrogens with zero attached hydrogens (tertiary/aromatic N) is 3. The summed E-state index contributed by atoms with van der Waals surface area (Å²) in [6.07, 6.45) is 1.70. The van der Waals surface area contributed by atoms with Gasteiger partial charge in [-0.3, -0.25) is 14.3 Å². The van der Waals surface area contributed by atoms with Gasteiger partial charge < -0.3 is 15.0 Å². The van der Waals surface area contributed by atoms with E-state index >= 15 is 0 Å². The van der Waals surface area contributed by atoms with E-state index in [1.165, 1.54) is 6.92 Å². The Bertz CT molecular complexity index is 770. The fraction of sp³-hybridized carbons (Fsp3) is 0.312. The highest BCUT2D eigenvalue weighted by molar-refractivity contribution is 6.19. The molecule has 1 aliphatic rings. The third kappa shape index (κ3) is 2.44. The molecule has 1 aliphatic heterocycles. The summed E-state index contributed by atoms with van der Waals surface area (Å²) in [6, 6.07) is 8.83. The largest absolute Gasteiger partial charge is 0.465 e. The van der Waals surface area contributed by atoms with Crippen molar-refractivity contribution in [3.8, 4) is 5.75 Å². The normalized spacial score (nSPS) is 20.0. The predicted molar refractivity (Wildman–Crippen MR) is 85.3 cm³/mol. The maximum atomic E-state index is 12.8. The van der Waals surface area contributed by atoms with E-state index in [-0.39, 0.29) is 0 Å². The van der Waals surface area contributed by atoms with E-state index in [4.69, 9.17) is 4.74 Å². The minimum absolute atomic E-state index is 0.372. The van der Waals surface area contributed by atoms with E-state index in [9.17, 15) is 9.59 Å². The molecule has 7 heteroatoms. The molecule has 0 radical (unpaired) electrons. The summed E-state index contributed by atoms with van der Waals surface area (Å²) in [6.45, 7) is 3.79. The van der Waals surface area contributed by atoms with E-state index in [1.54, 1.807) is 47.1 Å². The van der Waals surface area contributed by atoms with Gasteiger partial charge in [0.2, 0.25) is 0 Å². The van der Waals surface area contributed by atoms with Crippen LogP contribution in [0.2, 0.25) is 0 Å². The van der Waals surface area contributed by atoms with Gasteiger partial charge in [-0.15, -0.1) is 0 Å². The van der Waals surface area contributed by atoms with Crippen molar-refractivity contribution < 1.29 is 14.3 Å². The number of benzene rings is 1. The van der Waals surface area contributed by atoms with E-state index in [2.05, 4.69) is 10.4 Å². The Balaban J connectivity index is 1.94. The number of nitrogens with one attached hydrogen (secondary N) is 1. The number of para-hydroxylation sites is 2. The maximum absolute atomic E-state index is 12.8. The van der Waals surface area contributed by atoms with Crippen LogP contribution in [0.4, 0.5) is 11.5 Å². The van der Waals surface area contributed by atoms with Crippen molar-refractivity contribution in [2.75, 3.05) is 16.8 Å². The number of hydrogen-bond acceptors (Lipinski definition) is 4. The lowest BCUT2D eigenvalue weighted by Crippen LogP contribution is -2.60. The highest BCUT2D eigenvalue weighted by Gasteiger charge is 2.50. The quantitative estimate of drug-likeness (QED) is 0.872. The van der Waals surface area contributed by atoms with Crippen LogP contribution in [0.3, 0.4) is 0 Å². The van der Waals surface area contributed by atoms with Crippen LogP contribution in [0, 0.1) is 0 Å². The third-order valence-electron chi connectivity index (χ3n) is 3.83. The first-order valence-electron chi connectivity index (χ1n) is 7.37. The van der Waals surface area contributed by atoms with Crippen LogP contribution in [0.25, 0.3) is 0 Å². The summed E-state index contributed by atoms with van der Waals surface area (Å²) in [5.41, 5.74) is -0.967. The molecule has 1 atom stereocenters. The summed E-state index contributed by atoms with van der Waals surface area (Å²) in [4.78, 5) is 27.0. The molecule has 0 bridgehead atoms. The number of hydrogen-bond donors (Lipinski definition) is 1. The minimum atomic E-state index is -1.64. The van der Waals surface area contributed by atoms with Crippen LogP contribution in [-0.4, -0.2) is 33.7 Å². The summed E-state index contributed by atoms with van der Waals surface area (Å²) < 4.78 is 7.33. The van der Waals surface area contributed by atoms with Crippen molar-refractivity contribution in [2.45, 2.75) is 19.4 Å². The monoisotopic (exact) mass is 314 g/mol. The number of ether oxygens (including phenoxy) is 1. The van der Waals surface area contributed by atoms with Gasteiger partial charge in [0.25, 0.3) is 17.4 Å². The fourth-order valence-corrected chi connectivity index (χ4v) is 2.57. The van der Waals surface area contributed by atoms with Gasteiger partial charge >= 0.3 is 0 Å². The molecule has 120 valence electrons. The molecular formula is C16H18N4O3. The molecule has 0 aliphatic carbocycles. The number of aryl methyl sites for hydroxylation is 1. The topological polar surface area (TPSA) is 76.5 Å². The first-order valence-corrected chi connectivity index (χ1v) is 7.37. The standard InChI is InChI=1S/C16H18N4O3/c1-4-20-11-7-5-6-8-12(11)23-16(2,15(20)22)14(21)17-13-9-10-19(3)18-13/h5-10H,4H2,1-3H3,(H,17,18,21). The number of rotatable bonds is 3. The van der Waals surface area contributed by atoms with Crippen LogP contribution in [0.15, 0.2) is 36.5 Å². The summed E-state index contributed by atoms with van der Waals surface area (Å²) in [5, 5.41) is 6.72. The van der Waals surface area contributed by atoms with Crippen LogP contribution in [-0.2, 0) is 16.6 Å². The third-order valence-corrected chi connectivity index (χ3v) is 3.83. The molecular weight excluding hydrogens is 296 g/mol. The Morgan fingerprint density at radius 3 is 2.74 bits per heavy atom. The van der Waals surface area contributed by atoms with E-state index in [0.29, 0.717) is 23.8 Å².